The number of amides is 1. The number of sulfone groups is 1. The van der Waals surface area contributed by atoms with E-state index in [-0.39, 0.29) is 28.0 Å². The van der Waals surface area contributed by atoms with E-state index in [4.69, 9.17) is 21.1 Å². The Balaban J connectivity index is 2.57. The van der Waals surface area contributed by atoms with Gasteiger partial charge in [0.25, 0.3) is 0 Å². The molecule has 0 aliphatic heterocycles. The van der Waals surface area contributed by atoms with E-state index in [1.165, 1.54) is 25.3 Å². The number of nitrogens with one attached hydrogen (secondary N) is 1. The molecule has 8 heteroatoms. The van der Waals surface area contributed by atoms with Gasteiger partial charge in [0.2, 0.25) is 5.91 Å². The van der Waals surface area contributed by atoms with Crippen LogP contribution in [0.2, 0.25) is 5.02 Å². The molecule has 22 heavy (non-hydrogen) atoms. The van der Waals surface area contributed by atoms with Crippen molar-refractivity contribution in [1.29, 1.82) is 0 Å². The molecule has 0 fully saturated rings. The van der Waals surface area contributed by atoms with Crippen LogP contribution in [0.3, 0.4) is 0 Å². The van der Waals surface area contributed by atoms with Gasteiger partial charge in [-0.1, -0.05) is 11.6 Å². The van der Waals surface area contributed by atoms with Gasteiger partial charge in [0.1, 0.15) is 5.75 Å². The standard InChI is InChI=1S/C14H20ClNO5S/c1-20-8-3-7-16-14(17)6-9-22(18,19)11-4-5-13(21-2)12(15)10-11/h4-5,10H,3,6-9H2,1-2H3,(H,16,17). The van der Waals surface area contributed by atoms with Crippen LogP contribution in [-0.2, 0) is 19.4 Å². The topological polar surface area (TPSA) is 81.7 Å². The first-order valence-corrected chi connectivity index (χ1v) is 8.75. The molecule has 0 atom stereocenters. The molecule has 0 aliphatic rings. The van der Waals surface area contributed by atoms with Crippen molar-refractivity contribution in [3.05, 3.63) is 23.2 Å². The summed E-state index contributed by atoms with van der Waals surface area (Å²) in [5, 5.41) is 2.86. The molecule has 0 aliphatic carbocycles. The Bertz CT molecular complexity index is 603. The highest BCUT2D eigenvalue weighted by Crippen LogP contribution is 2.27. The second kappa shape index (κ2) is 8.97. The summed E-state index contributed by atoms with van der Waals surface area (Å²) in [6, 6.07) is 4.22. The first-order chi connectivity index (χ1) is 10.4. The number of benzene rings is 1. The van der Waals surface area contributed by atoms with Gasteiger partial charge >= 0.3 is 0 Å². The van der Waals surface area contributed by atoms with E-state index in [0.717, 1.165) is 0 Å². The highest BCUT2D eigenvalue weighted by Gasteiger charge is 2.18. The predicted molar refractivity (Wildman–Crippen MR) is 84.2 cm³/mol. The summed E-state index contributed by atoms with van der Waals surface area (Å²) in [5.74, 6) is -0.179. The molecule has 0 bridgehead atoms. The fraction of sp³-hybridized carbons (Fsp3) is 0.500. The Hall–Kier alpha value is -1.31. The quantitative estimate of drug-likeness (QED) is 0.686. The maximum Gasteiger partial charge on any atom is 0.221 e. The molecular formula is C14H20ClNO5S. The van der Waals surface area contributed by atoms with Gasteiger partial charge in [-0.25, -0.2) is 8.42 Å². The minimum atomic E-state index is -3.56. The molecule has 124 valence electrons. The third-order valence-electron chi connectivity index (χ3n) is 2.93. The van der Waals surface area contributed by atoms with Crippen molar-refractivity contribution < 1.29 is 22.7 Å². The number of hydrogen-bond donors (Lipinski definition) is 1. The number of ether oxygens (including phenoxy) is 2. The van der Waals surface area contributed by atoms with Crippen LogP contribution in [0, 0.1) is 0 Å². The lowest BCUT2D eigenvalue weighted by atomic mass is 10.3. The highest BCUT2D eigenvalue weighted by molar-refractivity contribution is 7.91. The molecule has 1 aromatic rings. The van der Waals surface area contributed by atoms with Crippen molar-refractivity contribution in [2.75, 3.05) is 33.1 Å². The molecule has 6 nitrogen and oxygen atoms in total. The van der Waals surface area contributed by atoms with E-state index in [1.54, 1.807) is 7.11 Å². The average Bonchev–Trinajstić information content (AvgIpc) is 2.49. The Morgan fingerprint density at radius 3 is 2.64 bits per heavy atom. The average molecular weight is 350 g/mol. The van der Waals surface area contributed by atoms with Crippen LogP contribution in [0.1, 0.15) is 12.8 Å². The van der Waals surface area contributed by atoms with Crippen molar-refractivity contribution in [3.63, 3.8) is 0 Å². The fourth-order valence-electron chi connectivity index (χ4n) is 1.72. The van der Waals surface area contributed by atoms with Crippen LogP contribution in [0.4, 0.5) is 0 Å². The van der Waals surface area contributed by atoms with E-state index in [0.29, 0.717) is 25.3 Å². The van der Waals surface area contributed by atoms with Crippen molar-refractivity contribution in [3.8, 4) is 5.75 Å². The van der Waals surface area contributed by atoms with Crippen LogP contribution >= 0.6 is 11.6 Å². The molecule has 1 N–H and O–H groups in total. The van der Waals surface area contributed by atoms with E-state index in [1.807, 2.05) is 0 Å². The summed E-state index contributed by atoms with van der Waals surface area (Å²) in [7, 11) is -0.538. The van der Waals surface area contributed by atoms with E-state index < -0.39 is 9.84 Å². The van der Waals surface area contributed by atoms with Gasteiger partial charge in [0.15, 0.2) is 9.84 Å². The maximum atomic E-state index is 12.2. The lowest BCUT2D eigenvalue weighted by molar-refractivity contribution is -0.120. The highest BCUT2D eigenvalue weighted by atomic mass is 35.5. The van der Waals surface area contributed by atoms with Crippen LogP contribution in [-0.4, -0.2) is 47.4 Å². The zero-order valence-electron chi connectivity index (χ0n) is 12.6. The largest absolute Gasteiger partial charge is 0.495 e. The van der Waals surface area contributed by atoms with Gasteiger partial charge in [-0.2, -0.15) is 0 Å². The number of halogens is 1. The molecule has 0 unspecified atom stereocenters. The third kappa shape index (κ3) is 5.82. The minimum absolute atomic E-state index is 0.0745. The SMILES string of the molecule is COCCCNC(=O)CCS(=O)(=O)c1ccc(OC)c(Cl)c1. The van der Waals surface area contributed by atoms with Gasteiger partial charge in [-0.05, 0) is 24.6 Å². The van der Waals surface area contributed by atoms with Crippen molar-refractivity contribution >= 4 is 27.3 Å². The maximum absolute atomic E-state index is 12.2. The van der Waals surface area contributed by atoms with Crippen molar-refractivity contribution in [2.45, 2.75) is 17.7 Å². The lowest BCUT2D eigenvalue weighted by Gasteiger charge is -2.08. The van der Waals surface area contributed by atoms with E-state index >= 15 is 0 Å². The molecule has 0 aromatic heterocycles. The van der Waals surface area contributed by atoms with Crippen LogP contribution in [0.25, 0.3) is 0 Å². The summed E-state index contributed by atoms with van der Waals surface area (Å²) in [6.07, 6.45) is 0.585. The molecular weight excluding hydrogens is 330 g/mol. The predicted octanol–water partition coefficient (Wildman–Crippen LogP) is 1.67. The van der Waals surface area contributed by atoms with Crippen LogP contribution < -0.4 is 10.1 Å². The van der Waals surface area contributed by atoms with Gasteiger partial charge in [-0.15, -0.1) is 0 Å². The normalized spacial score (nSPS) is 11.2. The second-order valence-corrected chi connectivity index (χ2v) is 7.08. The molecule has 1 aromatic carbocycles. The summed E-state index contributed by atoms with van der Waals surface area (Å²) in [4.78, 5) is 11.7. The summed E-state index contributed by atoms with van der Waals surface area (Å²) in [5.41, 5.74) is 0. The third-order valence-corrected chi connectivity index (χ3v) is 4.94. The number of hydrogen-bond acceptors (Lipinski definition) is 5. The van der Waals surface area contributed by atoms with Crippen molar-refractivity contribution in [2.24, 2.45) is 0 Å². The molecule has 0 saturated carbocycles. The number of carbonyl (C=O) groups is 1. The Labute approximate surface area is 135 Å². The molecule has 0 saturated heterocycles. The van der Waals surface area contributed by atoms with Crippen LogP contribution in [0.15, 0.2) is 23.1 Å². The summed E-state index contributed by atoms with van der Waals surface area (Å²) < 4.78 is 34.2. The Morgan fingerprint density at radius 2 is 2.05 bits per heavy atom. The minimum Gasteiger partial charge on any atom is -0.495 e. The molecule has 0 heterocycles. The number of methoxy groups -OCH3 is 2. The molecule has 0 radical (unpaired) electrons. The van der Waals surface area contributed by atoms with E-state index in [9.17, 15) is 13.2 Å². The zero-order valence-corrected chi connectivity index (χ0v) is 14.2. The van der Waals surface area contributed by atoms with Crippen LogP contribution in [0.5, 0.6) is 5.75 Å². The Morgan fingerprint density at radius 1 is 1.32 bits per heavy atom. The van der Waals surface area contributed by atoms with Gasteiger partial charge in [0, 0.05) is 26.7 Å². The summed E-state index contributed by atoms with van der Waals surface area (Å²) >= 11 is 5.92. The number of rotatable bonds is 9. The first-order valence-electron chi connectivity index (χ1n) is 6.72. The number of carbonyl (C=O) groups excluding carboxylic acids is 1. The van der Waals surface area contributed by atoms with Gasteiger partial charge < -0.3 is 14.8 Å². The first kappa shape index (κ1) is 18.7. The van der Waals surface area contributed by atoms with Crippen molar-refractivity contribution in [1.82, 2.24) is 5.32 Å². The smallest absolute Gasteiger partial charge is 0.221 e. The Kier molecular flexibility index (Phi) is 7.64. The zero-order chi connectivity index (χ0) is 16.6. The molecule has 1 rings (SSSR count). The summed E-state index contributed by atoms with van der Waals surface area (Å²) in [6.45, 7) is 1.00. The molecule has 1 amide bonds. The molecule has 0 spiro atoms. The lowest BCUT2D eigenvalue weighted by Crippen LogP contribution is -2.27. The van der Waals surface area contributed by atoms with Gasteiger partial charge in [-0.3, -0.25) is 4.79 Å². The monoisotopic (exact) mass is 349 g/mol. The van der Waals surface area contributed by atoms with Gasteiger partial charge in [0.05, 0.1) is 22.8 Å². The fourth-order valence-corrected chi connectivity index (χ4v) is 3.30. The van der Waals surface area contributed by atoms with E-state index in [2.05, 4.69) is 5.32 Å². The second-order valence-electron chi connectivity index (χ2n) is 4.56.